The van der Waals surface area contributed by atoms with Crippen molar-refractivity contribution in [3.8, 4) is 5.75 Å². The standard InChI is InChI=1S/C51H71NO14/c1-45(53)52-49-17-19-50(20-18-49)65-43-41-63-39-37-61-35-33-59-31-29-57-27-25-55-23-21-54-22-24-56-26-28-58-30-32-60-34-36-62-38-40-64-42-44-66-51(46-11-5-2-6-12-46,47-13-7-3-8-14-47)48-15-9-4-10-16-48/h2-20H,21-44H2,1H3,(H,52,53). The van der Waals surface area contributed by atoms with Gasteiger partial charge in [0.1, 0.15) is 18.0 Å². The summed E-state index contributed by atoms with van der Waals surface area (Å²) in [5.41, 5.74) is 3.16. The molecule has 0 radical (unpaired) electrons. The summed E-state index contributed by atoms with van der Waals surface area (Å²) in [5.74, 6) is 0.603. The van der Waals surface area contributed by atoms with E-state index in [-0.39, 0.29) is 5.91 Å². The van der Waals surface area contributed by atoms with Crippen molar-refractivity contribution in [2.24, 2.45) is 0 Å². The Balaban J connectivity index is 0.817. The highest BCUT2D eigenvalue weighted by atomic mass is 16.6. The molecule has 66 heavy (non-hydrogen) atoms. The largest absolute Gasteiger partial charge is 0.491 e. The molecule has 4 aromatic rings. The van der Waals surface area contributed by atoms with Crippen LogP contribution in [-0.4, -0.2) is 164 Å². The Kier molecular flexibility index (Phi) is 30.2. The van der Waals surface area contributed by atoms with E-state index in [1.807, 2.05) is 54.6 Å². The topological polar surface area (TPSA) is 149 Å². The molecule has 0 unspecified atom stereocenters. The molecule has 0 heterocycles. The lowest BCUT2D eigenvalue weighted by Gasteiger charge is -2.36. The van der Waals surface area contributed by atoms with Crippen LogP contribution in [0.5, 0.6) is 5.75 Å². The monoisotopic (exact) mass is 921 g/mol. The van der Waals surface area contributed by atoms with Crippen LogP contribution in [0.25, 0.3) is 0 Å². The van der Waals surface area contributed by atoms with Crippen LogP contribution in [0, 0.1) is 0 Å². The third-order valence-electron chi connectivity index (χ3n) is 9.48. The predicted octanol–water partition coefficient (Wildman–Crippen LogP) is 6.22. The first kappa shape index (κ1) is 54.3. The zero-order chi connectivity index (χ0) is 46.3. The summed E-state index contributed by atoms with van der Waals surface area (Å²) >= 11 is 0. The minimum Gasteiger partial charge on any atom is -0.491 e. The van der Waals surface area contributed by atoms with Gasteiger partial charge in [-0.2, -0.15) is 0 Å². The maximum atomic E-state index is 11.1. The van der Waals surface area contributed by atoms with Crippen molar-refractivity contribution < 1.29 is 66.4 Å². The summed E-state index contributed by atoms with van der Waals surface area (Å²) in [6, 6.07) is 38.1. The number of hydrogen-bond donors (Lipinski definition) is 1. The maximum Gasteiger partial charge on any atom is 0.221 e. The molecule has 1 amide bonds. The summed E-state index contributed by atoms with van der Waals surface area (Å²) in [7, 11) is 0. The molecule has 0 saturated carbocycles. The van der Waals surface area contributed by atoms with Gasteiger partial charge >= 0.3 is 0 Å². The zero-order valence-corrected chi connectivity index (χ0v) is 38.7. The molecule has 15 nitrogen and oxygen atoms in total. The Bertz CT molecular complexity index is 1630. The van der Waals surface area contributed by atoms with Gasteiger partial charge in [0, 0.05) is 12.6 Å². The van der Waals surface area contributed by atoms with E-state index in [1.54, 1.807) is 24.3 Å². The number of rotatable bonds is 42. The smallest absolute Gasteiger partial charge is 0.221 e. The Morgan fingerprint density at radius 3 is 0.879 bits per heavy atom. The highest BCUT2D eigenvalue weighted by Gasteiger charge is 2.37. The summed E-state index contributed by atoms with van der Waals surface area (Å²) in [6.07, 6.45) is 0. The summed E-state index contributed by atoms with van der Waals surface area (Å²) < 4.78 is 73.7. The molecule has 4 rings (SSSR count). The van der Waals surface area contributed by atoms with Crippen molar-refractivity contribution in [3.63, 3.8) is 0 Å². The molecule has 15 heteroatoms. The quantitative estimate of drug-likeness (QED) is 0.0396. The molecule has 0 saturated heterocycles. The molecule has 0 aliphatic carbocycles. The number of amides is 1. The van der Waals surface area contributed by atoms with Gasteiger partial charge < -0.3 is 66.9 Å². The highest BCUT2D eigenvalue weighted by Crippen LogP contribution is 2.40. The van der Waals surface area contributed by atoms with Gasteiger partial charge in [0.2, 0.25) is 5.91 Å². The third-order valence-corrected chi connectivity index (χ3v) is 9.48. The van der Waals surface area contributed by atoms with E-state index in [4.69, 9.17) is 61.6 Å². The Morgan fingerprint density at radius 2 is 0.606 bits per heavy atom. The molecule has 0 fully saturated rings. The average Bonchev–Trinajstić information content (AvgIpc) is 3.35. The van der Waals surface area contributed by atoms with E-state index in [0.717, 1.165) is 22.4 Å². The summed E-state index contributed by atoms with van der Waals surface area (Å²) in [4.78, 5) is 11.1. The highest BCUT2D eigenvalue weighted by molar-refractivity contribution is 5.88. The van der Waals surface area contributed by atoms with Crippen molar-refractivity contribution in [1.29, 1.82) is 0 Å². The second kappa shape index (κ2) is 36.7. The van der Waals surface area contributed by atoms with Gasteiger partial charge in [0.05, 0.1) is 152 Å². The van der Waals surface area contributed by atoms with Crippen molar-refractivity contribution >= 4 is 11.6 Å². The van der Waals surface area contributed by atoms with Crippen LogP contribution in [-0.2, 0) is 67.2 Å². The van der Waals surface area contributed by atoms with E-state index in [1.165, 1.54) is 6.92 Å². The van der Waals surface area contributed by atoms with Gasteiger partial charge in [-0.15, -0.1) is 0 Å². The number of benzene rings is 4. The van der Waals surface area contributed by atoms with E-state index < -0.39 is 5.60 Å². The Morgan fingerprint density at radius 1 is 0.348 bits per heavy atom. The van der Waals surface area contributed by atoms with Crippen molar-refractivity contribution in [3.05, 3.63) is 132 Å². The second-order valence-corrected chi connectivity index (χ2v) is 14.4. The normalized spacial score (nSPS) is 11.5. The fraction of sp³-hybridized carbons (Fsp3) is 0.510. The van der Waals surface area contributed by atoms with Crippen molar-refractivity contribution in [2.75, 3.05) is 164 Å². The fourth-order valence-corrected chi connectivity index (χ4v) is 6.38. The van der Waals surface area contributed by atoms with Crippen LogP contribution in [0.2, 0.25) is 0 Å². The Labute approximate surface area is 391 Å². The average molecular weight is 922 g/mol. The van der Waals surface area contributed by atoms with E-state index in [9.17, 15) is 4.79 Å². The lowest BCUT2D eigenvalue weighted by molar-refractivity contribution is -0.114. The van der Waals surface area contributed by atoms with E-state index >= 15 is 0 Å². The molecule has 0 bridgehead atoms. The molecule has 0 aromatic heterocycles. The van der Waals surface area contributed by atoms with Crippen LogP contribution < -0.4 is 10.1 Å². The number of hydrogen-bond acceptors (Lipinski definition) is 14. The van der Waals surface area contributed by atoms with Gasteiger partial charge in [0.25, 0.3) is 0 Å². The number of nitrogens with one attached hydrogen (secondary N) is 1. The van der Waals surface area contributed by atoms with Crippen LogP contribution >= 0.6 is 0 Å². The summed E-state index contributed by atoms with van der Waals surface area (Å²) in [5, 5.41) is 2.71. The lowest BCUT2D eigenvalue weighted by Crippen LogP contribution is -2.34. The molecule has 0 atom stereocenters. The zero-order valence-electron chi connectivity index (χ0n) is 38.7. The molecule has 4 aromatic carbocycles. The Hall–Kier alpha value is -4.33. The summed E-state index contributed by atoms with van der Waals surface area (Å²) in [6.45, 7) is 12.9. The maximum absolute atomic E-state index is 11.1. The lowest BCUT2D eigenvalue weighted by atomic mass is 9.80. The van der Waals surface area contributed by atoms with Gasteiger partial charge in [-0.05, 0) is 41.0 Å². The van der Waals surface area contributed by atoms with Crippen molar-refractivity contribution in [2.45, 2.75) is 12.5 Å². The number of carbonyl (C=O) groups is 1. The van der Waals surface area contributed by atoms with Crippen LogP contribution in [0.15, 0.2) is 115 Å². The molecule has 1 N–H and O–H groups in total. The van der Waals surface area contributed by atoms with Crippen LogP contribution in [0.1, 0.15) is 23.6 Å². The predicted molar refractivity (Wildman–Crippen MR) is 250 cm³/mol. The molecule has 0 aliphatic rings. The van der Waals surface area contributed by atoms with Crippen LogP contribution in [0.4, 0.5) is 5.69 Å². The van der Waals surface area contributed by atoms with Gasteiger partial charge in [-0.25, -0.2) is 0 Å². The molecule has 0 spiro atoms. The molecular weight excluding hydrogens is 851 g/mol. The fourth-order valence-electron chi connectivity index (χ4n) is 6.38. The van der Waals surface area contributed by atoms with Gasteiger partial charge in [-0.3, -0.25) is 4.79 Å². The van der Waals surface area contributed by atoms with Gasteiger partial charge in [0.15, 0.2) is 0 Å². The number of ether oxygens (including phenoxy) is 13. The first-order chi connectivity index (χ1) is 32.7. The minimum atomic E-state index is -0.759. The van der Waals surface area contributed by atoms with Gasteiger partial charge in [-0.1, -0.05) is 91.0 Å². The van der Waals surface area contributed by atoms with Crippen LogP contribution in [0.3, 0.4) is 0 Å². The number of carbonyl (C=O) groups excluding carboxylic acids is 1. The third kappa shape index (κ3) is 23.9. The second-order valence-electron chi connectivity index (χ2n) is 14.4. The first-order valence-corrected chi connectivity index (χ1v) is 22.8. The van der Waals surface area contributed by atoms with Crippen molar-refractivity contribution in [1.82, 2.24) is 0 Å². The minimum absolute atomic E-state index is 0.110. The number of anilines is 1. The molecular formula is C51H71NO14. The molecule has 364 valence electrons. The van der Waals surface area contributed by atoms with E-state index in [0.29, 0.717) is 164 Å². The molecule has 0 aliphatic heterocycles. The SMILES string of the molecule is CC(=O)Nc1ccc(OCCOCCOCCOCCOCCOCCOCCOCCOCCOCCOCCOCCOC(c2ccccc2)(c2ccccc2)c2ccccc2)cc1. The first-order valence-electron chi connectivity index (χ1n) is 22.8. The van der Waals surface area contributed by atoms with E-state index in [2.05, 4.69) is 41.7 Å².